The minimum absolute atomic E-state index is 0.157. The van der Waals surface area contributed by atoms with E-state index in [1.807, 2.05) is 6.07 Å². The van der Waals surface area contributed by atoms with Crippen LogP contribution >= 0.6 is 15.9 Å². The van der Waals surface area contributed by atoms with Gasteiger partial charge in [0.25, 0.3) is 0 Å². The van der Waals surface area contributed by atoms with Crippen molar-refractivity contribution in [2.45, 2.75) is 81.9 Å². The predicted molar refractivity (Wildman–Crippen MR) is 131 cm³/mol. The number of aromatic amines is 1. The number of hydrogen-bond donors (Lipinski definition) is 3. The topological polar surface area (TPSA) is 91.8 Å². The molecule has 2 aromatic rings. The molecule has 182 valence electrons. The van der Waals surface area contributed by atoms with Gasteiger partial charge in [0.05, 0.1) is 6.10 Å². The normalized spacial score (nSPS) is 42.6. The Hall–Kier alpha value is -1.51. The fourth-order valence-corrected chi connectivity index (χ4v) is 8.25. The number of benzene rings is 1. The maximum Gasteiger partial charge on any atom is 0.194 e. The SMILES string of the molecule is CO[C@]12CC[C@]3(C)[C@@]4(C)c5[nH]c6ccc(Br)cc6c5C[C@@H]4C[C@H](O)[C@@]3(O)C1=CC(=O)C(C)(C)O2. The number of nitrogens with one attached hydrogen (secondary N) is 1. The van der Waals surface area contributed by atoms with E-state index in [9.17, 15) is 15.0 Å². The van der Waals surface area contributed by atoms with Crippen molar-refractivity contribution >= 4 is 32.6 Å². The molecule has 0 spiro atoms. The van der Waals surface area contributed by atoms with Gasteiger partial charge in [-0.1, -0.05) is 29.8 Å². The van der Waals surface area contributed by atoms with Gasteiger partial charge in [-0.15, -0.1) is 0 Å². The number of rotatable bonds is 1. The van der Waals surface area contributed by atoms with E-state index < -0.39 is 33.9 Å². The first-order valence-electron chi connectivity index (χ1n) is 12.1. The summed E-state index contributed by atoms with van der Waals surface area (Å²) in [5.41, 5.74) is -0.129. The van der Waals surface area contributed by atoms with Crippen LogP contribution in [0.4, 0.5) is 0 Å². The van der Waals surface area contributed by atoms with Gasteiger partial charge in [-0.3, -0.25) is 4.79 Å². The van der Waals surface area contributed by atoms with Crippen LogP contribution in [0.25, 0.3) is 10.9 Å². The van der Waals surface area contributed by atoms with E-state index in [1.54, 1.807) is 21.0 Å². The molecule has 34 heavy (non-hydrogen) atoms. The average Bonchev–Trinajstić information content (AvgIpc) is 3.27. The van der Waals surface area contributed by atoms with Crippen molar-refractivity contribution in [2.24, 2.45) is 11.3 Å². The number of aromatic nitrogens is 1. The molecule has 0 bridgehead atoms. The van der Waals surface area contributed by atoms with Crippen LogP contribution in [0, 0.1) is 11.3 Å². The lowest BCUT2D eigenvalue weighted by Crippen LogP contribution is -2.75. The zero-order valence-electron chi connectivity index (χ0n) is 20.3. The highest BCUT2D eigenvalue weighted by Crippen LogP contribution is 2.70. The quantitative estimate of drug-likeness (QED) is 0.512. The Kier molecular flexibility index (Phi) is 4.46. The Labute approximate surface area is 207 Å². The zero-order chi connectivity index (χ0) is 24.5. The number of carbonyl (C=O) groups is 1. The summed E-state index contributed by atoms with van der Waals surface area (Å²) in [6.07, 6.45) is 2.77. The molecular weight excluding hydrogens is 498 g/mol. The standard InChI is InChI=1S/C27H32BrNO5/c1-23(2)20(30)13-19-26(33-5,34-23)9-8-24(3)25(4)14(11-21(31)27(19,24)32)10-17-16-12-15(28)6-7-18(16)29-22(17)25/h6-7,12-14,21,29,31-32H,8-11H2,1-5H3/t14-,21+,24-,25-,26+,27+/m1/s1. The first-order chi connectivity index (χ1) is 15.8. The molecule has 1 aromatic heterocycles. The van der Waals surface area contributed by atoms with E-state index in [0.29, 0.717) is 24.8 Å². The van der Waals surface area contributed by atoms with Gasteiger partial charge in [-0.25, -0.2) is 0 Å². The highest BCUT2D eigenvalue weighted by Gasteiger charge is 2.75. The first-order valence-corrected chi connectivity index (χ1v) is 12.9. The molecule has 6 atom stereocenters. The van der Waals surface area contributed by atoms with Crippen molar-refractivity contribution in [2.75, 3.05) is 7.11 Å². The summed E-state index contributed by atoms with van der Waals surface area (Å²) < 4.78 is 13.2. The number of aliphatic hydroxyl groups is 2. The Bertz CT molecular complexity index is 1280. The number of ketones is 1. The summed E-state index contributed by atoms with van der Waals surface area (Å²) in [6, 6.07) is 6.25. The van der Waals surface area contributed by atoms with Crippen LogP contribution in [0.1, 0.15) is 58.2 Å². The number of aliphatic hydroxyl groups excluding tert-OH is 1. The summed E-state index contributed by atoms with van der Waals surface area (Å²) in [7, 11) is 1.55. The van der Waals surface area contributed by atoms with Crippen LogP contribution in [0.5, 0.6) is 0 Å². The largest absolute Gasteiger partial charge is 0.390 e. The second kappa shape index (κ2) is 6.62. The van der Waals surface area contributed by atoms with Crippen LogP contribution in [-0.4, -0.2) is 51.2 Å². The fraction of sp³-hybridized carbons (Fsp3) is 0.593. The summed E-state index contributed by atoms with van der Waals surface area (Å²) >= 11 is 3.61. The summed E-state index contributed by atoms with van der Waals surface area (Å²) in [4.78, 5) is 16.7. The van der Waals surface area contributed by atoms with Crippen molar-refractivity contribution in [3.8, 4) is 0 Å². The van der Waals surface area contributed by atoms with Gasteiger partial charge in [0.1, 0.15) is 11.2 Å². The zero-order valence-corrected chi connectivity index (χ0v) is 21.9. The van der Waals surface area contributed by atoms with Crippen LogP contribution in [0.3, 0.4) is 0 Å². The highest BCUT2D eigenvalue weighted by atomic mass is 79.9. The predicted octanol–water partition coefficient (Wildman–Crippen LogP) is 4.30. The van der Waals surface area contributed by atoms with Crippen molar-refractivity contribution in [3.05, 3.63) is 45.6 Å². The Morgan fingerprint density at radius 3 is 2.65 bits per heavy atom. The second-order valence-electron chi connectivity index (χ2n) is 11.6. The van der Waals surface area contributed by atoms with E-state index in [1.165, 1.54) is 17.0 Å². The van der Waals surface area contributed by atoms with Crippen LogP contribution in [-0.2, 0) is 26.1 Å². The monoisotopic (exact) mass is 529 g/mol. The first kappa shape index (κ1) is 22.9. The third-order valence-corrected chi connectivity index (χ3v) is 10.5. The molecule has 6 nitrogen and oxygen atoms in total. The molecule has 0 radical (unpaired) electrons. The smallest absolute Gasteiger partial charge is 0.194 e. The van der Waals surface area contributed by atoms with Gasteiger partial charge < -0.3 is 24.7 Å². The molecule has 7 heteroatoms. The maximum absolute atomic E-state index is 13.1. The van der Waals surface area contributed by atoms with E-state index in [-0.39, 0.29) is 11.7 Å². The van der Waals surface area contributed by atoms with Gasteiger partial charge in [0.15, 0.2) is 11.6 Å². The highest BCUT2D eigenvalue weighted by molar-refractivity contribution is 9.10. The van der Waals surface area contributed by atoms with Gasteiger partial charge >= 0.3 is 0 Å². The van der Waals surface area contributed by atoms with Crippen molar-refractivity contribution in [3.63, 3.8) is 0 Å². The number of fused-ring (bicyclic) bond motifs is 9. The third kappa shape index (κ3) is 2.38. The molecule has 2 fully saturated rings. The Morgan fingerprint density at radius 2 is 1.94 bits per heavy atom. The Balaban J connectivity index is 1.60. The molecule has 3 aliphatic carbocycles. The lowest BCUT2D eigenvalue weighted by atomic mass is 9.41. The minimum atomic E-state index is -1.68. The fourth-order valence-electron chi connectivity index (χ4n) is 7.89. The number of ether oxygens (including phenoxy) is 2. The van der Waals surface area contributed by atoms with Gasteiger partial charge in [0.2, 0.25) is 0 Å². The van der Waals surface area contributed by atoms with Gasteiger partial charge in [-0.05, 0) is 68.9 Å². The summed E-state index contributed by atoms with van der Waals surface area (Å²) in [5, 5.41) is 25.4. The number of carbonyl (C=O) groups excluding carboxylic acids is 1. The van der Waals surface area contributed by atoms with E-state index in [4.69, 9.17) is 9.47 Å². The molecule has 1 aliphatic heterocycles. The van der Waals surface area contributed by atoms with E-state index >= 15 is 0 Å². The minimum Gasteiger partial charge on any atom is -0.390 e. The Morgan fingerprint density at radius 1 is 1.21 bits per heavy atom. The molecule has 2 heterocycles. The van der Waals surface area contributed by atoms with Crippen molar-refractivity contribution in [1.29, 1.82) is 0 Å². The average molecular weight is 530 g/mol. The van der Waals surface area contributed by atoms with Crippen molar-refractivity contribution < 1.29 is 24.5 Å². The third-order valence-electron chi connectivity index (χ3n) is 10.0. The molecular formula is C27H32BrNO5. The molecule has 2 saturated carbocycles. The second-order valence-corrected chi connectivity index (χ2v) is 12.5. The van der Waals surface area contributed by atoms with Crippen LogP contribution in [0.15, 0.2) is 34.3 Å². The van der Waals surface area contributed by atoms with Crippen molar-refractivity contribution in [1.82, 2.24) is 4.98 Å². The molecule has 4 aliphatic rings. The van der Waals surface area contributed by atoms with E-state index in [0.717, 1.165) is 22.1 Å². The molecule has 6 rings (SSSR count). The number of H-pyrrole nitrogens is 1. The molecule has 0 unspecified atom stereocenters. The van der Waals surface area contributed by atoms with E-state index in [2.05, 4.69) is 46.9 Å². The lowest BCUT2D eigenvalue weighted by molar-refractivity contribution is -0.309. The summed E-state index contributed by atoms with van der Waals surface area (Å²) in [5.74, 6) is -1.32. The van der Waals surface area contributed by atoms with Crippen LogP contribution in [0.2, 0.25) is 0 Å². The molecule has 1 aromatic carbocycles. The summed E-state index contributed by atoms with van der Waals surface area (Å²) in [6.45, 7) is 7.74. The number of halogens is 1. The number of methoxy groups -OCH3 is 1. The molecule has 0 amide bonds. The van der Waals surface area contributed by atoms with Crippen LogP contribution < -0.4 is 0 Å². The lowest BCUT2D eigenvalue weighted by Gasteiger charge is -2.67. The number of hydrogen-bond acceptors (Lipinski definition) is 5. The van der Waals surface area contributed by atoms with Gasteiger partial charge in [0, 0.05) is 51.0 Å². The molecule has 0 saturated heterocycles. The molecule has 3 N–H and O–H groups in total. The maximum atomic E-state index is 13.1. The van der Waals surface area contributed by atoms with Gasteiger partial charge in [-0.2, -0.15) is 0 Å².